The van der Waals surface area contributed by atoms with Crippen LogP contribution >= 0.6 is 23.8 Å². The number of nitrogens with zero attached hydrogens (tertiary/aromatic N) is 3. The Morgan fingerprint density at radius 3 is 2.74 bits per heavy atom. The largest absolute Gasteiger partial charge is 0.409 e. The van der Waals surface area contributed by atoms with E-state index in [1.54, 1.807) is 28.9 Å². The molecule has 1 aromatic carbocycles. The molecule has 6 nitrogen and oxygen atoms in total. The Hall–Kier alpha value is -1.22. The molecule has 0 unspecified atom stereocenters. The number of rotatable bonds is 4. The molecule has 1 aromatic heterocycles. The van der Waals surface area contributed by atoms with Crippen LogP contribution in [0, 0.1) is 4.84 Å². The summed E-state index contributed by atoms with van der Waals surface area (Å²) in [5.74, 6) is 0.833. The molecule has 3 rings (SSSR count). The van der Waals surface area contributed by atoms with Gasteiger partial charge in [-0.15, -0.1) is 5.10 Å². The van der Waals surface area contributed by atoms with E-state index < -0.39 is 9.84 Å². The van der Waals surface area contributed by atoms with E-state index in [-0.39, 0.29) is 22.4 Å². The van der Waals surface area contributed by atoms with E-state index >= 15 is 0 Å². The molecular formula is C14H16ClN3O3S2. The summed E-state index contributed by atoms with van der Waals surface area (Å²) in [5.41, 5.74) is 0.783. The van der Waals surface area contributed by atoms with Gasteiger partial charge in [0, 0.05) is 16.6 Å². The van der Waals surface area contributed by atoms with Gasteiger partial charge in [0.05, 0.1) is 18.2 Å². The lowest BCUT2D eigenvalue weighted by molar-refractivity contribution is 0.194. The van der Waals surface area contributed by atoms with Gasteiger partial charge in [0.15, 0.2) is 9.84 Å². The number of sulfone groups is 1. The fourth-order valence-corrected chi connectivity index (χ4v) is 4.66. The molecule has 0 spiro atoms. The van der Waals surface area contributed by atoms with Crippen LogP contribution in [0.4, 0.5) is 0 Å². The Bertz CT molecular complexity index is 858. The van der Waals surface area contributed by atoms with Gasteiger partial charge in [0.25, 0.3) is 4.84 Å². The predicted molar refractivity (Wildman–Crippen MR) is 90.6 cm³/mol. The molecule has 124 valence electrons. The van der Waals surface area contributed by atoms with Gasteiger partial charge in [-0.3, -0.25) is 4.90 Å². The standard InChI is InChI=1S/C14H16ClN3O3S2/c1-17(12-6-7-23(19,20)8-12)9-18-14(22)21-13(16-18)10-2-4-11(15)5-3-10/h2-5,12H,6-9H2,1H3/t12-/m1/s1. The van der Waals surface area contributed by atoms with E-state index in [0.29, 0.717) is 24.0 Å². The van der Waals surface area contributed by atoms with E-state index in [0.717, 1.165) is 5.56 Å². The van der Waals surface area contributed by atoms with Crippen molar-refractivity contribution in [1.82, 2.24) is 14.7 Å². The molecule has 1 atom stereocenters. The molecule has 1 saturated heterocycles. The van der Waals surface area contributed by atoms with Crippen LogP contribution in [0.2, 0.25) is 5.02 Å². The zero-order chi connectivity index (χ0) is 16.6. The van der Waals surface area contributed by atoms with Crippen molar-refractivity contribution in [2.75, 3.05) is 18.6 Å². The smallest absolute Gasteiger partial charge is 0.288 e. The zero-order valence-corrected chi connectivity index (χ0v) is 14.9. The van der Waals surface area contributed by atoms with Crippen molar-refractivity contribution in [3.05, 3.63) is 34.1 Å². The van der Waals surface area contributed by atoms with E-state index in [2.05, 4.69) is 5.10 Å². The van der Waals surface area contributed by atoms with Crippen molar-refractivity contribution in [3.63, 3.8) is 0 Å². The highest BCUT2D eigenvalue weighted by Gasteiger charge is 2.30. The van der Waals surface area contributed by atoms with Crippen LogP contribution in [0.5, 0.6) is 0 Å². The molecule has 0 aliphatic carbocycles. The minimum absolute atomic E-state index is 0.0161. The summed E-state index contributed by atoms with van der Waals surface area (Å²) >= 11 is 11.1. The van der Waals surface area contributed by atoms with Gasteiger partial charge in [-0.25, -0.2) is 13.1 Å². The second-order valence-corrected chi connectivity index (χ2v) is 8.65. The summed E-state index contributed by atoms with van der Waals surface area (Å²) in [7, 11) is -1.05. The van der Waals surface area contributed by atoms with Crippen LogP contribution in [-0.2, 0) is 16.5 Å². The van der Waals surface area contributed by atoms with Crippen LogP contribution in [0.1, 0.15) is 6.42 Å². The maximum absolute atomic E-state index is 11.6. The van der Waals surface area contributed by atoms with Crippen molar-refractivity contribution in [2.45, 2.75) is 19.1 Å². The third kappa shape index (κ3) is 3.82. The van der Waals surface area contributed by atoms with Crippen LogP contribution < -0.4 is 0 Å². The molecule has 1 aliphatic heterocycles. The van der Waals surface area contributed by atoms with Crippen LogP contribution in [0.25, 0.3) is 11.5 Å². The minimum atomic E-state index is -2.92. The Morgan fingerprint density at radius 2 is 2.13 bits per heavy atom. The van der Waals surface area contributed by atoms with Crippen molar-refractivity contribution < 1.29 is 12.8 Å². The van der Waals surface area contributed by atoms with Gasteiger partial charge in [0.2, 0.25) is 5.89 Å². The Balaban J connectivity index is 1.76. The van der Waals surface area contributed by atoms with Gasteiger partial charge in [-0.1, -0.05) is 11.6 Å². The number of aromatic nitrogens is 2. The monoisotopic (exact) mass is 373 g/mol. The summed E-state index contributed by atoms with van der Waals surface area (Å²) < 4.78 is 30.2. The lowest BCUT2D eigenvalue weighted by Crippen LogP contribution is -2.34. The fourth-order valence-electron chi connectivity index (χ4n) is 2.55. The van der Waals surface area contributed by atoms with Crippen LogP contribution in [-0.4, -0.2) is 47.7 Å². The van der Waals surface area contributed by atoms with E-state index in [9.17, 15) is 8.42 Å². The average molecular weight is 374 g/mol. The highest BCUT2D eigenvalue weighted by Crippen LogP contribution is 2.21. The SMILES string of the molecule is CN(Cn1nc(-c2ccc(Cl)cc2)oc1=S)[C@@H]1CCS(=O)(=O)C1. The van der Waals surface area contributed by atoms with Crippen molar-refractivity contribution in [2.24, 2.45) is 0 Å². The average Bonchev–Trinajstić information content (AvgIpc) is 3.03. The number of hydrogen-bond acceptors (Lipinski definition) is 6. The molecule has 9 heteroatoms. The van der Waals surface area contributed by atoms with Gasteiger partial charge in [0.1, 0.15) is 0 Å². The third-order valence-corrected chi connectivity index (χ3v) is 6.18. The van der Waals surface area contributed by atoms with E-state index in [1.165, 1.54) is 0 Å². The normalized spacial score (nSPS) is 20.2. The second kappa shape index (κ2) is 6.35. The molecule has 2 aromatic rings. The molecule has 23 heavy (non-hydrogen) atoms. The maximum Gasteiger partial charge on any atom is 0.288 e. The number of hydrogen-bond donors (Lipinski definition) is 0. The second-order valence-electron chi connectivity index (χ2n) is 5.63. The van der Waals surface area contributed by atoms with Gasteiger partial charge < -0.3 is 4.42 Å². The summed E-state index contributed by atoms with van der Waals surface area (Å²) in [6.07, 6.45) is 0.633. The van der Waals surface area contributed by atoms with Crippen molar-refractivity contribution >= 4 is 33.7 Å². The first kappa shape index (κ1) is 16.6. The van der Waals surface area contributed by atoms with Crippen LogP contribution in [0.3, 0.4) is 0 Å². The van der Waals surface area contributed by atoms with Crippen molar-refractivity contribution in [1.29, 1.82) is 0 Å². The quantitative estimate of drug-likeness (QED) is 0.767. The third-order valence-electron chi connectivity index (χ3n) is 3.89. The van der Waals surface area contributed by atoms with Gasteiger partial charge in [-0.2, -0.15) is 0 Å². The van der Waals surface area contributed by atoms with Gasteiger partial charge >= 0.3 is 0 Å². The fraction of sp³-hybridized carbons (Fsp3) is 0.429. The number of benzene rings is 1. The number of halogens is 1. The predicted octanol–water partition coefficient (Wildman–Crippen LogP) is 2.60. The first-order valence-electron chi connectivity index (χ1n) is 7.08. The zero-order valence-electron chi connectivity index (χ0n) is 12.5. The molecule has 0 amide bonds. The molecule has 0 N–H and O–H groups in total. The molecule has 0 radical (unpaired) electrons. The molecule has 2 heterocycles. The minimum Gasteiger partial charge on any atom is -0.409 e. The first-order valence-corrected chi connectivity index (χ1v) is 9.69. The molecular weight excluding hydrogens is 358 g/mol. The van der Waals surface area contributed by atoms with Gasteiger partial charge in [-0.05, 0) is 50.0 Å². The lowest BCUT2D eigenvalue weighted by atomic mass is 10.2. The Labute approximate surface area is 144 Å². The topological polar surface area (TPSA) is 68.3 Å². The highest BCUT2D eigenvalue weighted by molar-refractivity contribution is 7.91. The summed E-state index contributed by atoms with van der Waals surface area (Å²) in [6.45, 7) is 0.385. The summed E-state index contributed by atoms with van der Waals surface area (Å²) in [4.78, 5) is 2.19. The molecule has 1 aliphatic rings. The maximum atomic E-state index is 11.6. The van der Waals surface area contributed by atoms with Crippen LogP contribution in [0.15, 0.2) is 28.7 Å². The molecule has 1 fully saturated rings. The summed E-state index contributed by atoms with van der Waals surface area (Å²) in [5, 5.41) is 5.00. The molecule has 0 saturated carbocycles. The van der Waals surface area contributed by atoms with Crippen molar-refractivity contribution in [3.8, 4) is 11.5 Å². The van der Waals surface area contributed by atoms with E-state index in [1.807, 2.05) is 11.9 Å². The summed E-state index contributed by atoms with van der Waals surface area (Å²) in [6, 6.07) is 7.10. The molecule has 0 bridgehead atoms. The van der Waals surface area contributed by atoms with E-state index in [4.69, 9.17) is 28.2 Å². The Kier molecular flexibility index (Phi) is 4.59. The first-order chi connectivity index (χ1) is 10.8. The highest BCUT2D eigenvalue weighted by atomic mass is 35.5. The Morgan fingerprint density at radius 1 is 1.43 bits per heavy atom. The lowest BCUT2D eigenvalue weighted by Gasteiger charge is -2.22.